The molecule has 3 nitrogen and oxygen atoms in total. The molecule has 0 saturated carbocycles. The van der Waals surface area contributed by atoms with Crippen LogP contribution in [0.15, 0.2) is 12.3 Å². The number of hydrogen-bond acceptors (Lipinski definition) is 3. The van der Waals surface area contributed by atoms with Gasteiger partial charge in [-0.3, -0.25) is 4.90 Å². The average Bonchev–Trinajstić information content (AvgIpc) is 2.14. The Balaban J connectivity index is 2.06. The highest BCUT2D eigenvalue weighted by molar-refractivity contribution is 4.79. The molecule has 0 atom stereocenters. The van der Waals surface area contributed by atoms with Crippen molar-refractivity contribution in [3.05, 3.63) is 12.3 Å². The minimum absolute atomic E-state index is 0.279. The van der Waals surface area contributed by atoms with Gasteiger partial charge in [-0.25, -0.2) is 0 Å². The van der Waals surface area contributed by atoms with Gasteiger partial charge >= 0.3 is 0 Å². The zero-order chi connectivity index (χ0) is 9.52. The molecular weight excluding hydrogens is 166 g/mol. The minimum Gasteiger partial charge on any atom is -0.499 e. The lowest BCUT2D eigenvalue weighted by Gasteiger charge is -2.25. The lowest BCUT2D eigenvalue weighted by Crippen LogP contribution is -2.36. The van der Waals surface area contributed by atoms with Gasteiger partial charge in [0.25, 0.3) is 0 Å². The maximum Gasteiger partial charge on any atom is 0.0922 e. The molecule has 1 fully saturated rings. The average molecular weight is 185 g/mol. The van der Waals surface area contributed by atoms with E-state index in [9.17, 15) is 0 Å². The zero-order valence-electron chi connectivity index (χ0n) is 8.53. The predicted octanol–water partition coefficient (Wildman–Crippen LogP) is 1.26. The Morgan fingerprint density at radius 2 is 2.08 bits per heavy atom. The van der Waals surface area contributed by atoms with Crippen LogP contribution in [-0.4, -0.2) is 43.9 Å². The first-order valence-corrected chi connectivity index (χ1v) is 4.89. The smallest absolute Gasteiger partial charge is 0.0922 e. The lowest BCUT2D eigenvalue weighted by molar-refractivity contribution is 0.0430. The second-order valence-corrected chi connectivity index (χ2v) is 3.47. The number of nitrogens with zero attached hydrogens (tertiary/aromatic N) is 1. The maximum atomic E-state index is 5.29. The van der Waals surface area contributed by atoms with Gasteiger partial charge < -0.3 is 9.47 Å². The summed E-state index contributed by atoms with van der Waals surface area (Å²) >= 11 is 0. The zero-order valence-corrected chi connectivity index (χ0v) is 8.53. The summed E-state index contributed by atoms with van der Waals surface area (Å²) in [6, 6.07) is 0. The largest absolute Gasteiger partial charge is 0.499 e. The van der Waals surface area contributed by atoms with Gasteiger partial charge in [-0.1, -0.05) is 0 Å². The summed E-state index contributed by atoms with van der Waals surface area (Å²) in [5, 5.41) is 0. The van der Waals surface area contributed by atoms with E-state index in [0.717, 1.165) is 32.8 Å². The number of rotatable bonds is 4. The molecule has 1 saturated heterocycles. The molecule has 0 aromatic rings. The standard InChI is InChI=1S/C10H19NO2/c1-10(2)13-7-3-4-11-5-8-12-9-6-11/h3,7,10H,4-6,8-9H2,1-2H3/b7-3+. The Bertz CT molecular complexity index is 151. The first-order valence-electron chi connectivity index (χ1n) is 4.89. The van der Waals surface area contributed by atoms with Gasteiger partial charge in [0.2, 0.25) is 0 Å². The molecule has 0 N–H and O–H groups in total. The second-order valence-electron chi connectivity index (χ2n) is 3.47. The van der Waals surface area contributed by atoms with Crippen molar-refractivity contribution in [2.24, 2.45) is 0 Å². The molecule has 76 valence electrons. The molecule has 3 heteroatoms. The monoisotopic (exact) mass is 185 g/mol. The van der Waals surface area contributed by atoms with Gasteiger partial charge in [0.15, 0.2) is 0 Å². The molecule has 0 aromatic carbocycles. The summed E-state index contributed by atoms with van der Waals surface area (Å²) < 4.78 is 10.5. The van der Waals surface area contributed by atoms with Crippen LogP contribution in [0.25, 0.3) is 0 Å². The summed E-state index contributed by atoms with van der Waals surface area (Å²) in [6.45, 7) is 8.81. The quantitative estimate of drug-likeness (QED) is 0.615. The third-order valence-corrected chi connectivity index (χ3v) is 1.91. The fourth-order valence-corrected chi connectivity index (χ4v) is 1.19. The van der Waals surface area contributed by atoms with E-state index in [-0.39, 0.29) is 6.10 Å². The molecule has 0 amide bonds. The molecule has 0 aromatic heterocycles. The van der Waals surface area contributed by atoms with Crippen molar-refractivity contribution < 1.29 is 9.47 Å². The topological polar surface area (TPSA) is 21.7 Å². The molecule has 1 rings (SSSR count). The summed E-state index contributed by atoms with van der Waals surface area (Å²) in [5.41, 5.74) is 0. The van der Waals surface area contributed by atoms with Crippen LogP contribution >= 0.6 is 0 Å². The molecule has 1 aliphatic heterocycles. The first kappa shape index (κ1) is 10.5. The van der Waals surface area contributed by atoms with Crippen molar-refractivity contribution in [3.63, 3.8) is 0 Å². The van der Waals surface area contributed by atoms with E-state index in [1.54, 1.807) is 6.26 Å². The molecule has 0 spiro atoms. The Labute approximate surface area is 80.3 Å². The van der Waals surface area contributed by atoms with E-state index < -0.39 is 0 Å². The Hall–Kier alpha value is -0.540. The Kier molecular flexibility index (Phi) is 4.86. The van der Waals surface area contributed by atoms with Crippen molar-refractivity contribution >= 4 is 0 Å². The van der Waals surface area contributed by atoms with Gasteiger partial charge in [0.05, 0.1) is 25.6 Å². The molecule has 1 aliphatic rings. The molecule has 0 radical (unpaired) electrons. The molecule has 13 heavy (non-hydrogen) atoms. The summed E-state index contributed by atoms with van der Waals surface area (Å²) in [5.74, 6) is 0. The third kappa shape index (κ3) is 4.90. The molecule has 0 aliphatic carbocycles. The maximum absolute atomic E-state index is 5.29. The Morgan fingerprint density at radius 1 is 1.38 bits per heavy atom. The first-order chi connectivity index (χ1) is 6.29. The van der Waals surface area contributed by atoms with Crippen molar-refractivity contribution in [2.45, 2.75) is 20.0 Å². The van der Waals surface area contributed by atoms with Crippen molar-refractivity contribution in [2.75, 3.05) is 32.8 Å². The summed E-state index contributed by atoms with van der Waals surface area (Å²) in [7, 11) is 0. The van der Waals surface area contributed by atoms with Crippen LogP contribution in [0.1, 0.15) is 13.8 Å². The highest BCUT2D eigenvalue weighted by Gasteiger charge is 2.07. The minimum atomic E-state index is 0.279. The van der Waals surface area contributed by atoms with Crippen LogP contribution in [0, 0.1) is 0 Å². The SMILES string of the molecule is CC(C)O/C=C/CN1CCOCC1. The van der Waals surface area contributed by atoms with Crippen molar-refractivity contribution in [3.8, 4) is 0 Å². The van der Waals surface area contributed by atoms with Gasteiger partial charge in [0, 0.05) is 19.6 Å². The predicted molar refractivity (Wildman–Crippen MR) is 52.6 cm³/mol. The van der Waals surface area contributed by atoms with Crippen molar-refractivity contribution in [1.82, 2.24) is 4.90 Å². The summed E-state index contributed by atoms with van der Waals surface area (Å²) in [6.07, 6.45) is 4.13. The molecule has 0 bridgehead atoms. The van der Waals surface area contributed by atoms with Crippen LogP contribution in [0.5, 0.6) is 0 Å². The number of morpholine rings is 1. The molecular formula is C10H19NO2. The van der Waals surface area contributed by atoms with Crippen LogP contribution < -0.4 is 0 Å². The lowest BCUT2D eigenvalue weighted by atomic mass is 10.4. The highest BCUT2D eigenvalue weighted by atomic mass is 16.5. The van der Waals surface area contributed by atoms with Gasteiger partial charge in [-0.15, -0.1) is 0 Å². The van der Waals surface area contributed by atoms with Gasteiger partial charge in [0.1, 0.15) is 0 Å². The van der Waals surface area contributed by atoms with E-state index in [0.29, 0.717) is 0 Å². The fourth-order valence-electron chi connectivity index (χ4n) is 1.19. The van der Waals surface area contributed by atoms with E-state index in [2.05, 4.69) is 11.0 Å². The van der Waals surface area contributed by atoms with Crippen LogP contribution in [-0.2, 0) is 9.47 Å². The van der Waals surface area contributed by atoms with Gasteiger partial charge in [-0.05, 0) is 19.9 Å². The van der Waals surface area contributed by atoms with E-state index in [1.807, 2.05) is 13.8 Å². The van der Waals surface area contributed by atoms with E-state index >= 15 is 0 Å². The third-order valence-electron chi connectivity index (χ3n) is 1.91. The van der Waals surface area contributed by atoms with Crippen LogP contribution in [0.4, 0.5) is 0 Å². The second kappa shape index (κ2) is 6.00. The van der Waals surface area contributed by atoms with Crippen LogP contribution in [0.2, 0.25) is 0 Å². The fraction of sp³-hybridized carbons (Fsp3) is 0.800. The van der Waals surface area contributed by atoms with Crippen LogP contribution in [0.3, 0.4) is 0 Å². The highest BCUT2D eigenvalue weighted by Crippen LogP contribution is 1.96. The number of hydrogen-bond donors (Lipinski definition) is 0. The molecule has 1 heterocycles. The van der Waals surface area contributed by atoms with E-state index in [4.69, 9.17) is 9.47 Å². The summed E-state index contributed by atoms with van der Waals surface area (Å²) in [4.78, 5) is 2.35. The van der Waals surface area contributed by atoms with Gasteiger partial charge in [-0.2, -0.15) is 0 Å². The number of ether oxygens (including phenoxy) is 2. The van der Waals surface area contributed by atoms with E-state index in [1.165, 1.54) is 0 Å². The Morgan fingerprint density at radius 3 is 2.69 bits per heavy atom. The van der Waals surface area contributed by atoms with Crippen molar-refractivity contribution in [1.29, 1.82) is 0 Å². The molecule has 0 unspecified atom stereocenters. The normalized spacial score (nSPS) is 19.9.